The van der Waals surface area contributed by atoms with E-state index in [1.165, 1.54) is 0 Å². The number of aliphatic hydroxyl groups excluding tert-OH is 2. The summed E-state index contributed by atoms with van der Waals surface area (Å²) in [5, 5.41) is 19.1. The number of rotatable bonds is 12. The Morgan fingerprint density at radius 3 is 1.71 bits per heavy atom. The molecule has 0 aliphatic rings. The van der Waals surface area contributed by atoms with Crippen molar-refractivity contribution in [2.75, 3.05) is 26.4 Å². The Morgan fingerprint density at radius 2 is 1.35 bits per heavy atom. The van der Waals surface area contributed by atoms with Crippen LogP contribution in [0.2, 0.25) is 8.94 Å². The molecule has 2 unspecified atom stereocenters. The molecule has 0 radical (unpaired) electrons. The van der Waals surface area contributed by atoms with Crippen molar-refractivity contribution in [3.05, 3.63) is 25.3 Å². The molecule has 0 fully saturated rings. The fourth-order valence-corrected chi connectivity index (χ4v) is 3.50. The summed E-state index contributed by atoms with van der Waals surface area (Å²) in [7, 11) is 0. The van der Waals surface area contributed by atoms with Gasteiger partial charge in [0.2, 0.25) is 0 Å². The van der Waals surface area contributed by atoms with E-state index in [0.717, 1.165) is 8.94 Å². The van der Waals surface area contributed by atoms with Gasteiger partial charge in [-0.3, -0.25) is 0 Å². The van der Waals surface area contributed by atoms with Crippen molar-refractivity contribution in [1.82, 2.24) is 0 Å². The van der Waals surface area contributed by atoms with Crippen LogP contribution in [-0.2, 0) is 9.47 Å². The molecule has 0 aromatic heterocycles. The molecule has 5 heteroatoms. The van der Waals surface area contributed by atoms with Crippen LogP contribution >= 0.6 is 0 Å². The van der Waals surface area contributed by atoms with E-state index < -0.39 is 12.2 Å². The Morgan fingerprint density at radius 1 is 0.941 bits per heavy atom. The van der Waals surface area contributed by atoms with E-state index in [-0.39, 0.29) is 20.9 Å². The number of hydrogen-bond donors (Lipinski definition) is 2. The van der Waals surface area contributed by atoms with E-state index in [9.17, 15) is 10.2 Å². The van der Waals surface area contributed by atoms with E-state index >= 15 is 0 Å². The second kappa shape index (κ2) is 12.6. The quantitative estimate of drug-likeness (QED) is 0.306. The summed E-state index contributed by atoms with van der Waals surface area (Å²) in [5.74, 6) is 0. The third-order valence-electron chi connectivity index (χ3n) is 1.71. The molecule has 0 spiro atoms. The molecule has 100 valence electrons. The van der Waals surface area contributed by atoms with Gasteiger partial charge in [-0.05, 0) is 0 Å². The number of ether oxygens (including phenoxy) is 2. The van der Waals surface area contributed by atoms with Crippen LogP contribution in [0.15, 0.2) is 25.3 Å². The molecular formula is C12H22O4Te. The van der Waals surface area contributed by atoms with Crippen molar-refractivity contribution in [3.8, 4) is 0 Å². The standard InChI is InChI=1S/C12H22O4Te/c1-3-5-15-7-11(13)9-17-10-12(14)8-16-6-4-2/h3-4,11-14H,1-2,5-10H2. The van der Waals surface area contributed by atoms with Gasteiger partial charge in [-0.25, -0.2) is 0 Å². The summed E-state index contributed by atoms with van der Waals surface area (Å²) in [6.07, 6.45) is 2.48. The molecule has 4 nitrogen and oxygen atoms in total. The van der Waals surface area contributed by atoms with Gasteiger partial charge >= 0.3 is 113 Å². The minimum atomic E-state index is -0.418. The first kappa shape index (κ1) is 17.1. The van der Waals surface area contributed by atoms with Crippen molar-refractivity contribution in [1.29, 1.82) is 0 Å². The van der Waals surface area contributed by atoms with E-state index in [1.807, 2.05) is 0 Å². The summed E-state index contributed by atoms with van der Waals surface area (Å²) < 4.78 is 11.8. The molecule has 0 bridgehead atoms. The molecule has 0 aromatic rings. The SMILES string of the molecule is C=CCOCC(O)C[Te]CC(O)COCC=C. The zero-order chi connectivity index (χ0) is 12.9. The molecule has 0 saturated heterocycles. The van der Waals surface area contributed by atoms with E-state index in [2.05, 4.69) is 13.2 Å². The summed E-state index contributed by atoms with van der Waals surface area (Å²) in [6.45, 7) is 8.68. The van der Waals surface area contributed by atoms with Crippen LogP contribution in [0.25, 0.3) is 0 Å². The Kier molecular flexibility index (Phi) is 12.6. The maximum absolute atomic E-state index is 9.55. The second-order valence-electron chi connectivity index (χ2n) is 3.50. The second-order valence-corrected chi connectivity index (χ2v) is 6.57. The first-order valence-electron chi connectivity index (χ1n) is 5.51. The minimum absolute atomic E-state index is 0.347. The van der Waals surface area contributed by atoms with Crippen LogP contribution in [0.4, 0.5) is 0 Å². The van der Waals surface area contributed by atoms with E-state index in [0.29, 0.717) is 26.4 Å². The Bertz CT molecular complexity index is 179. The van der Waals surface area contributed by atoms with Gasteiger partial charge in [0.1, 0.15) is 0 Å². The molecule has 0 aliphatic heterocycles. The van der Waals surface area contributed by atoms with Crippen molar-refractivity contribution in [3.63, 3.8) is 0 Å². The topological polar surface area (TPSA) is 58.9 Å². The van der Waals surface area contributed by atoms with Gasteiger partial charge in [-0.1, -0.05) is 0 Å². The van der Waals surface area contributed by atoms with Gasteiger partial charge in [0.25, 0.3) is 0 Å². The Hall–Kier alpha value is 0.110. The van der Waals surface area contributed by atoms with Crippen molar-refractivity contribution in [2.45, 2.75) is 21.1 Å². The molecule has 0 saturated carbocycles. The average molecular weight is 358 g/mol. The van der Waals surface area contributed by atoms with Crippen molar-refractivity contribution < 1.29 is 19.7 Å². The number of hydrogen-bond acceptors (Lipinski definition) is 4. The third-order valence-corrected chi connectivity index (χ3v) is 5.25. The third kappa shape index (κ3) is 12.4. The first-order chi connectivity index (χ1) is 8.20. The van der Waals surface area contributed by atoms with Gasteiger partial charge in [0.05, 0.1) is 0 Å². The Balaban J connectivity index is 3.35. The van der Waals surface area contributed by atoms with Crippen LogP contribution in [-0.4, -0.2) is 69.8 Å². The maximum atomic E-state index is 9.55. The molecule has 0 rings (SSSR count). The first-order valence-corrected chi connectivity index (χ1v) is 8.81. The van der Waals surface area contributed by atoms with Crippen molar-refractivity contribution >= 4 is 20.9 Å². The van der Waals surface area contributed by atoms with Gasteiger partial charge in [0.15, 0.2) is 0 Å². The molecule has 17 heavy (non-hydrogen) atoms. The normalized spacial score (nSPS) is 14.2. The summed E-state index contributed by atoms with van der Waals surface area (Å²) >= 11 is -0.386. The van der Waals surface area contributed by atoms with Gasteiger partial charge in [-0.15, -0.1) is 0 Å². The molecular weight excluding hydrogens is 336 g/mol. The zero-order valence-electron chi connectivity index (χ0n) is 10.1. The monoisotopic (exact) mass is 360 g/mol. The number of aliphatic hydroxyl groups is 2. The van der Waals surface area contributed by atoms with Gasteiger partial charge in [-0.2, -0.15) is 0 Å². The Labute approximate surface area is 113 Å². The summed E-state index contributed by atoms with van der Waals surface area (Å²) in [6, 6.07) is 0. The molecule has 0 aromatic carbocycles. The molecule has 0 amide bonds. The van der Waals surface area contributed by atoms with E-state index in [4.69, 9.17) is 9.47 Å². The predicted octanol–water partition coefficient (Wildman–Crippen LogP) is 0.654. The summed E-state index contributed by atoms with van der Waals surface area (Å²) in [5.41, 5.74) is 0. The van der Waals surface area contributed by atoms with Crippen LogP contribution in [0, 0.1) is 0 Å². The van der Waals surface area contributed by atoms with Gasteiger partial charge in [0, 0.05) is 0 Å². The van der Waals surface area contributed by atoms with Crippen LogP contribution in [0.1, 0.15) is 0 Å². The van der Waals surface area contributed by atoms with Crippen molar-refractivity contribution in [2.24, 2.45) is 0 Å². The zero-order valence-corrected chi connectivity index (χ0v) is 12.4. The van der Waals surface area contributed by atoms with Gasteiger partial charge < -0.3 is 0 Å². The van der Waals surface area contributed by atoms with Crippen LogP contribution < -0.4 is 0 Å². The molecule has 2 atom stereocenters. The molecule has 0 aliphatic carbocycles. The van der Waals surface area contributed by atoms with E-state index in [1.54, 1.807) is 12.2 Å². The summed E-state index contributed by atoms with van der Waals surface area (Å²) in [4.78, 5) is 0. The molecule has 0 heterocycles. The average Bonchev–Trinajstić information content (AvgIpc) is 2.30. The molecule has 2 N–H and O–H groups in total. The fraction of sp³-hybridized carbons (Fsp3) is 0.667. The predicted molar refractivity (Wildman–Crippen MR) is 69.4 cm³/mol. The van der Waals surface area contributed by atoms with Crippen LogP contribution in [0.3, 0.4) is 0 Å². The van der Waals surface area contributed by atoms with Crippen LogP contribution in [0.5, 0.6) is 0 Å². The fourth-order valence-electron chi connectivity index (χ4n) is 1.01.